The molecule has 0 amide bonds. The molecule has 1 aromatic heterocycles. The highest BCUT2D eigenvalue weighted by Crippen LogP contribution is 2.15. The number of hydrogen-bond donors (Lipinski definition) is 1. The number of ether oxygens (including phenoxy) is 3. The molecule has 0 radical (unpaired) electrons. The number of anilines is 1. The third-order valence-electron chi connectivity index (χ3n) is 1.95. The summed E-state index contributed by atoms with van der Waals surface area (Å²) in [5.41, 5.74) is 6.01. The van der Waals surface area contributed by atoms with E-state index in [4.69, 9.17) is 19.9 Å². The molecule has 5 nitrogen and oxygen atoms in total. The molecule has 2 rings (SSSR count). The molecule has 1 aromatic rings. The van der Waals surface area contributed by atoms with Gasteiger partial charge in [0.2, 0.25) is 5.88 Å². The van der Waals surface area contributed by atoms with Gasteiger partial charge in [-0.15, -0.1) is 0 Å². The third-order valence-corrected chi connectivity index (χ3v) is 1.95. The van der Waals surface area contributed by atoms with E-state index in [1.54, 1.807) is 25.4 Å². The highest BCUT2D eigenvalue weighted by Gasteiger charge is 2.23. The predicted molar refractivity (Wildman–Crippen MR) is 61.2 cm³/mol. The van der Waals surface area contributed by atoms with Crippen molar-refractivity contribution in [1.82, 2.24) is 4.98 Å². The molecule has 2 N–H and O–H groups in total. The molecule has 0 atom stereocenters. The van der Waals surface area contributed by atoms with E-state index in [-0.39, 0.29) is 5.79 Å². The average Bonchev–Trinajstić information content (AvgIpc) is 2.65. The number of nitrogens with zero attached hydrogens (tertiary/aromatic N) is 1. The minimum Gasteiger partial charge on any atom is -0.481 e. The molecule has 1 fully saturated rings. The van der Waals surface area contributed by atoms with Gasteiger partial charge in [0.15, 0.2) is 5.79 Å². The lowest BCUT2D eigenvalue weighted by atomic mass is 10.4. The first-order valence-corrected chi connectivity index (χ1v) is 5.07. The van der Waals surface area contributed by atoms with Crippen LogP contribution < -0.4 is 10.5 Å². The van der Waals surface area contributed by atoms with Crippen molar-refractivity contribution in [3.05, 3.63) is 18.3 Å². The standard InChI is InChI=1S/C6H8N2O.C5H10O2/c1-9-6-3-2-5(7)4-8-6;1-5(2)6-3-4-7-5/h2-4H,7H2,1H3;3-4H2,1-2H3. The molecular formula is C11H18N2O3. The number of aromatic nitrogens is 1. The van der Waals surface area contributed by atoms with Crippen LogP contribution in [0.4, 0.5) is 5.69 Å². The molecule has 0 aliphatic carbocycles. The third kappa shape index (κ3) is 4.46. The minimum atomic E-state index is -0.306. The van der Waals surface area contributed by atoms with E-state index in [0.29, 0.717) is 11.6 Å². The zero-order chi connectivity index (χ0) is 12.0. The SMILES string of the molecule is CC1(C)OCCO1.COc1ccc(N)cn1. The summed E-state index contributed by atoms with van der Waals surface area (Å²) < 4.78 is 15.0. The molecule has 1 aliphatic rings. The van der Waals surface area contributed by atoms with Crippen LogP contribution in [0.5, 0.6) is 5.88 Å². The fourth-order valence-corrected chi connectivity index (χ4v) is 1.13. The van der Waals surface area contributed by atoms with Gasteiger partial charge in [0.1, 0.15) is 0 Å². The monoisotopic (exact) mass is 226 g/mol. The largest absolute Gasteiger partial charge is 0.481 e. The van der Waals surface area contributed by atoms with E-state index in [1.807, 2.05) is 13.8 Å². The summed E-state index contributed by atoms with van der Waals surface area (Å²) in [5, 5.41) is 0. The van der Waals surface area contributed by atoms with Crippen molar-refractivity contribution in [1.29, 1.82) is 0 Å². The second kappa shape index (κ2) is 5.67. The summed E-state index contributed by atoms with van der Waals surface area (Å²) in [5.74, 6) is 0.282. The Morgan fingerprint density at radius 1 is 1.31 bits per heavy atom. The average molecular weight is 226 g/mol. The maximum absolute atomic E-state index is 5.36. The van der Waals surface area contributed by atoms with Crippen molar-refractivity contribution in [2.24, 2.45) is 0 Å². The molecule has 5 heteroatoms. The van der Waals surface area contributed by atoms with Crippen molar-refractivity contribution in [2.75, 3.05) is 26.1 Å². The smallest absolute Gasteiger partial charge is 0.213 e. The van der Waals surface area contributed by atoms with Crippen LogP contribution in [0, 0.1) is 0 Å². The van der Waals surface area contributed by atoms with Gasteiger partial charge < -0.3 is 19.9 Å². The molecule has 90 valence electrons. The Bertz CT molecular complexity index is 304. The van der Waals surface area contributed by atoms with E-state index < -0.39 is 0 Å². The zero-order valence-electron chi connectivity index (χ0n) is 9.90. The van der Waals surface area contributed by atoms with Gasteiger partial charge >= 0.3 is 0 Å². The molecule has 2 heterocycles. The van der Waals surface area contributed by atoms with Crippen molar-refractivity contribution >= 4 is 5.69 Å². The number of hydrogen-bond acceptors (Lipinski definition) is 5. The first-order chi connectivity index (χ1) is 7.53. The van der Waals surface area contributed by atoms with Gasteiger partial charge in [0, 0.05) is 6.07 Å². The fraction of sp³-hybridized carbons (Fsp3) is 0.545. The van der Waals surface area contributed by atoms with Gasteiger partial charge in [-0.2, -0.15) is 0 Å². The van der Waals surface area contributed by atoms with E-state index >= 15 is 0 Å². The van der Waals surface area contributed by atoms with Crippen LogP contribution in [0.3, 0.4) is 0 Å². The molecule has 0 unspecified atom stereocenters. The van der Waals surface area contributed by atoms with Gasteiger partial charge in [0.25, 0.3) is 0 Å². The number of nitrogens with two attached hydrogens (primary N) is 1. The Kier molecular flexibility index (Phi) is 4.52. The highest BCUT2D eigenvalue weighted by atomic mass is 16.7. The van der Waals surface area contributed by atoms with Gasteiger partial charge in [-0.25, -0.2) is 4.98 Å². The van der Waals surface area contributed by atoms with Crippen LogP contribution in [-0.4, -0.2) is 31.1 Å². The quantitative estimate of drug-likeness (QED) is 0.784. The van der Waals surface area contributed by atoms with Crippen LogP contribution in [0.15, 0.2) is 18.3 Å². The highest BCUT2D eigenvalue weighted by molar-refractivity contribution is 5.35. The molecule has 0 bridgehead atoms. The minimum absolute atomic E-state index is 0.306. The Labute approximate surface area is 95.5 Å². The molecular weight excluding hydrogens is 208 g/mol. The van der Waals surface area contributed by atoms with Gasteiger partial charge in [0.05, 0.1) is 32.2 Å². The van der Waals surface area contributed by atoms with Crippen LogP contribution in [0.2, 0.25) is 0 Å². The normalized spacial score (nSPS) is 17.4. The molecule has 0 saturated carbocycles. The molecule has 16 heavy (non-hydrogen) atoms. The summed E-state index contributed by atoms with van der Waals surface area (Å²) in [6, 6.07) is 3.46. The summed E-state index contributed by atoms with van der Waals surface area (Å²) in [4.78, 5) is 3.85. The van der Waals surface area contributed by atoms with Crippen LogP contribution >= 0.6 is 0 Å². The summed E-state index contributed by atoms with van der Waals surface area (Å²) in [6.45, 7) is 5.32. The lowest BCUT2D eigenvalue weighted by Crippen LogP contribution is -2.18. The van der Waals surface area contributed by atoms with Gasteiger partial charge in [-0.1, -0.05) is 0 Å². The number of pyridine rings is 1. The maximum Gasteiger partial charge on any atom is 0.213 e. The second-order valence-electron chi connectivity index (χ2n) is 3.73. The Morgan fingerprint density at radius 2 is 1.94 bits per heavy atom. The van der Waals surface area contributed by atoms with Gasteiger partial charge in [-0.05, 0) is 19.9 Å². The molecule has 0 aromatic carbocycles. The van der Waals surface area contributed by atoms with Crippen molar-refractivity contribution in [3.63, 3.8) is 0 Å². The van der Waals surface area contributed by atoms with Crippen LogP contribution in [-0.2, 0) is 9.47 Å². The second-order valence-corrected chi connectivity index (χ2v) is 3.73. The van der Waals surface area contributed by atoms with E-state index in [9.17, 15) is 0 Å². The summed E-state index contributed by atoms with van der Waals surface area (Å²) in [6.07, 6.45) is 1.55. The Hall–Kier alpha value is -1.33. The van der Waals surface area contributed by atoms with Crippen LogP contribution in [0.1, 0.15) is 13.8 Å². The lowest BCUT2D eigenvalue weighted by Gasteiger charge is -2.13. The molecule has 1 saturated heterocycles. The van der Waals surface area contributed by atoms with Crippen molar-refractivity contribution in [3.8, 4) is 5.88 Å². The van der Waals surface area contributed by atoms with Crippen LogP contribution in [0.25, 0.3) is 0 Å². The number of rotatable bonds is 1. The Morgan fingerprint density at radius 3 is 2.25 bits per heavy atom. The van der Waals surface area contributed by atoms with Crippen molar-refractivity contribution < 1.29 is 14.2 Å². The fourth-order valence-electron chi connectivity index (χ4n) is 1.13. The summed E-state index contributed by atoms with van der Waals surface area (Å²) in [7, 11) is 1.57. The first kappa shape index (κ1) is 12.7. The topological polar surface area (TPSA) is 66.6 Å². The maximum atomic E-state index is 5.36. The van der Waals surface area contributed by atoms with E-state index in [2.05, 4.69) is 4.98 Å². The predicted octanol–water partition coefficient (Wildman–Crippen LogP) is 1.44. The molecule has 1 aliphatic heterocycles. The Balaban J connectivity index is 0.000000165. The zero-order valence-corrected chi connectivity index (χ0v) is 9.90. The number of nitrogen functional groups attached to an aromatic ring is 1. The van der Waals surface area contributed by atoms with E-state index in [1.165, 1.54) is 0 Å². The number of methoxy groups -OCH3 is 1. The van der Waals surface area contributed by atoms with E-state index in [0.717, 1.165) is 13.2 Å². The lowest BCUT2D eigenvalue weighted by molar-refractivity contribution is -0.125. The summed E-state index contributed by atoms with van der Waals surface area (Å²) >= 11 is 0. The first-order valence-electron chi connectivity index (χ1n) is 5.07. The van der Waals surface area contributed by atoms with Crippen molar-refractivity contribution in [2.45, 2.75) is 19.6 Å². The van der Waals surface area contributed by atoms with Gasteiger partial charge in [-0.3, -0.25) is 0 Å². The molecule has 0 spiro atoms.